The zero-order chi connectivity index (χ0) is 15.7. The Balaban J connectivity index is 1.85. The van der Waals surface area contributed by atoms with Crippen molar-refractivity contribution in [1.82, 2.24) is 14.8 Å². The summed E-state index contributed by atoms with van der Waals surface area (Å²) in [5.74, 6) is -0.928. The molecule has 0 spiro atoms. The van der Waals surface area contributed by atoms with Crippen LogP contribution in [0.4, 0.5) is 18.9 Å². The van der Waals surface area contributed by atoms with Crippen molar-refractivity contribution in [3.8, 4) is 11.4 Å². The van der Waals surface area contributed by atoms with Crippen molar-refractivity contribution in [2.24, 2.45) is 7.05 Å². The van der Waals surface area contributed by atoms with E-state index < -0.39 is 12.0 Å². The number of ether oxygens (including phenoxy) is 1. The van der Waals surface area contributed by atoms with Gasteiger partial charge in [0.05, 0.1) is 13.2 Å². The van der Waals surface area contributed by atoms with Gasteiger partial charge in [0.2, 0.25) is 0 Å². The van der Waals surface area contributed by atoms with Gasteiger partial charge in [-0.3, -0.25) is 0 Å². The predicted molar refractivity (Wildman–Crippen MR) is 74.5 cm³/mol. The van der Waals surface area contributed by atoms with Gasteiger partial charge in [-0.25, -0.2) is 9.67 Å². The highest BCUT2D eigenvalue weighted by molar-refractivity contribution is 5.60. The standard InChI is InChI=1S/C14H15F3N4O/c1-20-12(18-13(19-20)14(15,16)17)10-2-4-11(5-3-10)21-6-8-22-9-7-21/h2-5H,6-9H2,1H3. The molecule has 0 radical (unpaired) electrons. The number of aromatic nitrogens is 3. The van der Waals surface area contributed by atoms with Crippen molar-refractivity contribution < 1.29 is 17.9 Å². The van der Waals surface area contributed by atoms with Crippen molar-refractivity contribution in [3.05, 3.63) is 30.1 Å². The summed E-state index contributed by atoms with van der Waals surface area (Å²) in [6.07, 6.45) is -4.54. The highest BCUT2D eigenvalue weighted by Gasteiger charge is 2.36. The van der Waals surface area contributed by atoms with E-state index in [0.29, 0.717) is 18.8 Å². The number of benzene rings is 1. The van der Waals surface area contributed by atoms with Gasteiger partial charge in [-0.2, -0.15) is 13.2 Å². The molecule has 0 N–H and O–H groups in total. The van der Waals surface area contributed by atoms with E-state index in [4.69, 9.17) is 4.74 Å². The van der Waals surface area contributed by atoms with Crippen molar-refractivity contribution >= 4 is 5.69 Å². The van der Waals surface area contributed by atoms with Crippen LogP contribution in [0.3, 0.4) is 0 Å². The summed E-state index contributed by atoms with van der Waals surface area (Å²) in [6, 6.07) is 7.27. The second-order valence-corrected chi connectivity index (χ2v) is 5.03. The average Bonchev–Trinajstić information content (AvgIpc) is 2.90. The normalized spacial score (nSPS) is 16.1. The zero-order valence-corrected chi connectivity index (χ0v) is 12.0. The van der Waals surface area contributed by atoms with E-state index in [-0.39, 0.29) is 5.82 Å². The van der Waals surface area contributed by atoms with Gasteiger partial charge in [0.1, 0.15) is 0 Å². The largest absolute Gasteiger partial charge is 0.453 e. The number of anilines is 1. The molecule has 1 aromatic carbocycles. The van der Waals surface area contributed by atoms with Crippen molar-refractivity contribution in [2.45, 2.75) is 6.18 Å². The minimum absolute atomic E-state index is 0.195. The van der Waals surface area contributed by atoms with Crippen molar-refractivity contribution in [2.75, 3.05) is 31.2 Å². The monoisotopic (exact) mass is 312 g/mol. The van der Waals surface area contributed by atoms with Gasteiger partial charge in [-0.15, -0.1) is 5.10 Å². The van der Waals surface area contributed by atoms with Crippen molar-refractivity contribution in [1.29, 1.82) is 0 Å². The SMILES string of the molecule is Cn1nc(C(F)(F)F)nc1-c1ccc(N2CCOCC2)cc1. The Morgan fingerprint density at radius 2 is 1.73 bits per heavy atom. The summed E-state index contributed by atoms with van der Waals surface area (Å²) < 4.78 is 44.4. The molecule has 0 saturated carbocycles. The number of hydrogen-bond acceptors (Lipinski definition) is 4. The Bertz CT molecular complexity index is 645. The average molecular weight is 312 g/mol. The zero-order valence-electron chi connectivity index (χ0n) is 12.0. The van der Waals surface area contributed by atoms with Gasteiger partial charge >= 0.3 is 6.18 Å². The summed E-state index contributed by atoms with van der Waals surface area (Å²) in [5, 5.41) is 3.42. The van der Waals surface area contributed by atoms with E-state index in [1.165, 1.54) is 7.05 Å². The van der Waals surface area contributed by atoms with E-state index in [1.807, 2.05) is 12.1 Å². The lowest BCUT2D eigenvalue weighted by molar-refractivity contribution is -0.144. The van der Waals surface area contributed by atoms with Crippen LogP contribution in [0.1, 0.15) is 5.82 Å². The molecule has 0 amide bonds. The number of alkyl halides is 3. The third kappa shape index (κ3) is 2.92. The summed E-state index contributed by atoms with van der Waals surface area (Å²) in [4.78, 5) is 5.76. The lowest BCUT2D eigenvalue weighted by Gasteiger charge is -2.28. The maximum absolute atomic E-state index is 12.6. The summed E-state index contributed by atoms with van der Waals surface area (Å²) in [5.41, 5.74) is 1.62. The maximum atomic E-state index is 12.6. The molecule has 0 unspecified atom stereocenters. The van der Waals surface area contributed by atoms with Gasteiger partial charge in [-0.1, -0.05) is 0 Å². The van der Waals surface area contributed by atoms with Gasteiger partial charge in [0.15, 0.2) is 5.82 Å². The fourth-order valence-electron chi connectivity index (χ4n) is 2.40. The van der Waals surface area contributed by atoms with Crippen LogP contribution in [0.2, 0.25) is 0 Å². The van der Waals surface area contributed by atoms with Crippen LogP contribution in [0.25, 0.3) is 11.4 Å². The molecular weight excluding hydrogens is 297 g/mol. The molecule has 5 nitrogen and oxygen atoms in total. The number of aryl methyl sites for hydroxylation is 1. The molecule has 0 aliphatic carbocycles. The van der Waals surface area contributed by atoms with E-state index >= 15 is 0 Å². The number of morpholine rings is 1. The molecular formula is C14H15F3N4O. The van der Waals surface area contributed by atoms with Crippen LogP contribution in [0, 0.1) is 0 Å². The second-order valence-electron chi connectivity index (χ2n) is 5.03. The van der Waals surface area contributed by atoms with Crippen LogP contribution >= 0.6 is 0 Å². The number of rotatable bonds is 2. The van der Waals surface area contributed by atoms with Gasteiger partial charge < -0.3 is 9.64 Å². The molecule has 1 aliphatic rings. The molecule has 1 aromatic heterocycles. The molecule has 2 heterocycles. The Morgan fingerprint density at radius 1 is 1.09 bits per heavy atom. The molecule has 1 aliphatic heterocycles. The van der Waals surface area contributed by atoms with Crippen LogP contribution < -0.4 is 4.90 Å². The van der Waals surface area contributed by atoms with Crippen LogP contribution in [0.5, 0.6) is 0 Å². The quantitative estimate of drug-likeness (QED) is 0.854. The molecule has 22 heavy (non-hydrogen) atoms. The van der Waals surface area contributed by atoms with Gasteiger partial charge in [0, 0.05) is 31.4 Å². The topological polar surface area (TPSA) is 43.2 Å². The number of nitrogens with zero attached hydrogens (tertiary/aromatic N) is 4. The fraction of sp³-hybridized carbons (Fsp3) is 0.429. The predicted octanol–water partition coefficient (Wildman–Crippen LogP) is 2.34. The smallest absolute Gasteiger partial charge is 0.378 e. The maximum Gasteiger partial charge on any atom is 0.453 e. The van der Waals surface area contributed by atoms with E-state index in [2.05, 4.69) is 15.0 Å². The summed E-state index contributed by atoms with van der Waals surface area (Å²) >= 11 is 0. The molecule has 3 rings (SSSR count). The first-order valence-electron chi connectivity index (χ1n) is 6.86. The minimum atomic E-state index is -4.54. The first-order valence-corrected chi connectivity index (χ1v) is 6.86. The number of hydrogen-bond donors (Lipinski definition) is 0. The lowest BCUT2D eigenvalue weighted by atomic mass is 10.2. The third-order valence-electron chi connectivity index (χ3n) is 3.52. The molecule has 1 fully saturated rings. The third-order valence-corrected chi connectivity index (χ3v) is 3.52. The van der Waals surface area contributed by atoms with Gasteiger partial charge in [-0.05, 0) is 24.3 Å². The Morgan fingerprint density at radius 3 is 2.27 bits per heavy atom. The minimum Gasteiger partial charge on any atom is -0.378 e. The molecule has 1 saturated heterocycles. The van der Waals surface area contributed by atoms with E-state index in [9.17, 15) is 13.2 Å². The Hall–Kier alpha value is -2.09. The molecule has 0 atom stereocenters. The lowest BCUT2D eigenvalue weighted by Crippen LogP contribution is -2.36. The first-order chi connectivity index (χ1) is 10.4. The Kier molecular flexibility index (Phi) is 3.78. The Labute approximate surface area is 125 Å². The highest BCUT2D eigenvalue weighted by atomic mass is 19.4. The summed E-state index contributed by atoms with van der Waals surface area (Å²) in [6.45, 7) is 2.98. The summed E-state index contributed by atoms with van der Waals surface area (Å²) in [7, 11) is 1.45. The first kappa shape index (κ1) is 14.8. The highest BCUT2D eigenvalue weighted by Crippen LogP contribution is 2.29. The molecule has 8 heteroatoms. The van der Waals surface area contributed by atoms with Crippen LogP contribution in [-0.2, 0) is 18.0 Å². The molecule has 0 bridgehead atoms. The van der Waals surface area contributed by atoms with Gasteiger partial charge in [0.25, 0.3) is 5.82 Å². The van der Waals surface area contributed by atoms with E-state index in [0.717, 1.165) is 23.5 Å². The van der Waals surface area contributed by atoms with E-state index in [1.54, 1.807) is 12.1 Å². The molecule has 118 valence electrons. The second kappa shape index (κ2) is 5.60. The van der Waals surface area contributed by atoms with Crippen LogP contribution in [0.15, 0.2) is 24.3 Å². The fourth-order valence-corrected chi connectivity index (χ4v) is 2.40. The van der Waals surface area contributed by atoms with Crippen LogP contribution in [-0.4, -0.2) is 41.1 Å². The van der Waals surface area contributed by atoms with Crippen molar-refractivity contribution in [3.63, 3.8) is 0 Å². The number of halogens is 3. The molecule has 2 aromatic rings.